The zero-order chi connectivity index (χ0) is 18.4. The number of thioether (sulfide) groups is 1. The number of aryl methyl sites for hydroxylation is 1. The number of nitrogens with one attached hydrogen (secondary N) is 1. The second-order valence-corrected chi connectivity index (χ2v) is 7.11. The van der Waals surface area contributed by atoms with Crippen LogP contribution in [0, 0.1) is 6.92 Å². The highest BCUT2D eigenvalue weighted by atomic mass is 35.5. The molecule has 7 heteroatoms. The van der Waals surface area contributed by atoms with E-state index < -0.39 is 0 Å². The van der Waals surface area contributed by atoms with Gasteiger partial charge in [0.1, 0.15) is 0 Å². The van der Waals surface area contributed by atoms with E-state index >= 15 is 0 Å². The number of hydrogen-bond acceptors (Lipinski definition) is 5. The molecule has 0 atom stereocenters. The van der Waals surface area contributed by atoms with Gasteiger partial charge in [0.05, 0.1) is 11.3 Å². The molecule has 1 heterocycles. The molecule has 3 aromatic rings. The molecule has 134 valence electrons. The number of halogens is 1. The summed E-state index contributed by atoms with van der Waals surface area (Å²) in [6.45, 7) is 2.32. The molecule has 0 radical (unpaired) electrons. The van der Waals surface area contributed by atoms with Gasteiger partial charge in [-0.1, -0.05) is 41.0 Å². The Kier molecular flexibility index (Phi) is 6.30. The van der Waals surface area contributed by atoms with Crippen LogP contribution < -0.4 is 5.32 Å². The number of benzene rings is 2. The van der Waals surface area contributed by atoms with Crippen LogP contribution in [0.1, 0.15) is 27.6 Å². The van der Waals surface area contributed by atoms with Crippen molar-refractivity contribution in [1.29, 1.82) is 0 Å². The van der Waals surface area contributed by atoms with Crippen LogP contribution in [0.3, 0.4) is 0 Å². The zero-order valence-electron chi connectivity index (χ0n) is 14.2. The fourth-order valence-electron chi connectivity index (χ4n) is 2.43. The van der Waals surface area contributed by atoms with Gasteiger partial charge in [-0.15, -0.1) is 11.8 Å². The van der Waals surface area contributed by atoms with E-state index in [2.05, 4.69) is 15.5 Å². The summed E-state index contributed by atoms with van der Waals surface area (Å²) in [6.07, 6.45) is 0.725. The number of rotatable bonds is 7. The number of nitrogens with zero attached hydrogens (tertiary/aromatic N) is 2. The first kappa shape index (κ1) is 18.5. The molecule has 0 saturated carbocycles. The quantitative estimate of drug-likeness (QED) is 0.612. The Hall–Kier alpha value is -2.31. The largest absolute Gasteiger partial charge is 0.352 e. The zero-order valence-corrected chi connectivity index (χ0v) is 15.8. The molecule has 0 unspecified atom stereocenters. The van der Waals surface area contributed by atoms with Crippen molar-refractivity contribution in [3.63, 3.8) is 0 Å². The molecule has 1 aromatic heterocycles. The lowest BCUT2D eigenvalue weighted by Crippen LogP contribution is -2.26. The molecular weight excluding hydrogens is 370 g/mol. The Bertz CT molecular complexity index is 898. The van der Waals surface area contributed by atoms with Crippen molar-refractivity contribution >= 4 is 29.3 Å². The monoisotopic (exact) mass is 387 g/mol. The summed E-state index contributed by atoms with van der Waals surface area (Å²) in [5.41, 5.74) is 1.73. The molecule has 0 bridgehead atoms. The maximum absolute atomic E-state index is 12.5. The Balaban J connectivity index is 1.58. The lowest BCUT2D eigenvalue weighted by Gasteiger charge is -2.09. The second-order valence-electron chi connectivity index (χ2n) is 5.66. The van der Waals surface area contributed by atoms with Crippen molar-refractivity contribution in [1.82, 2.24) is 15.5 Å². The van der Waals surface area contributed by atoms with Crippen molar-refractivity contribution in [2.45, 2.75) is 24.0 Å². The van der Waals surface area contributed by atoms with Gasteiger partial charge in [-0.2, -0.15) is 4.98 Å². The van der Waals surface area contributed by atoms with Crippen LogP contribution in [0.4, 0.5) is 0 Å². The third-order valence-corrected chi connectivity index (χ3v) is 4.93. The van der Waals surface area contributed by atoms with Crippen molar-refractivity contribution in [2.75, 3.05) is 6.54 Å². The van der Waals surface area contributed by atoms with Crippen molar-refractivity contribution in [3.05, 3.63) is 76.4 Å². The molecule has 2 aromatic carbocycles. The summed E-state index contributed by atoms with van der Waals surface area (Å²) in [5.74, 6) is 1.57. The molecule has 0 aliphatic rings. The molecule has 1 N–H and O–H groups in total. The third-order valence-electron chi connectivity index (χ3n) is 3.64. The van der Waals surface area contributed by atoms with Gasteiger partial charge in [-0.25, -0.2) is 0 Å². The van der Waals surface area contributed by atoms with Gasteiger partial charge >= 0.3 is 0 Å². The number of aromatic nitrogens is 2. The highest BCUT2D eigenvalue weighted by Gasteiger charge is 2.12. The Morgan fingerprint density at radius 1 is 1.23 bits per heavy atom. The van der Waals surface area contributed by atoms with Gasteiger partial charge in [0.2, 0.25) is 5.89 Å². The van der Waals surface area contributed by atoms with Crippen LogP contribution in [-0.4, -0.2) is 22.6 Å². The molecule has 0 aliphatic carbocycles. The lowest BCUT2D eigenvalue weighted by molar-refractivity contribution is 0.0951. The van der Waals surface area contributed by atoms with E-state index in [4.69, 9.17) is 16.1 Å². The molecule has 0 saturated heterocycles. The number of carbonyl (C=O) groups is 1. The fourth-order valence-corrected chi connectivity index (χ4v) is 3.53. The second kappa shape index (κ2) is 8.87. The molecule has 26 heavy (non-hydrogen) atoms. The van der Waals surface area contributed by atoms with Gasteiger partial charge in [-0.05, 0) is 43.2 Å². The van der Waals surface area contributed by atoms with E-state index in [9.17, 15) is 4.79 Å². The van der Waals surface area contributed by atoms with Gasteiger partial charge in [0.15, 0.2) is 5.82 Å². The SMILES string of the molecule is Cc1noc(CSc2ccccc2C(=O)NCCc2cccc(Cl)c2)n1. The van der Waals surface area contributed by atoms with Crippen LogP contribution in [0.5, 0.6) is 0 Å². The van der Waals surface area contributed by atoms with E-state index in [-0.39, 0.29) is 5.91 Å². The first-order valence-electron chi connectivity index (χ1n) is 8.15. The average Bonchev–Trinajstić information content (AvgIpc) is 3.05. The number of carbonyl (C=O) groups excluding carboxylic acids is 1. The maximum atomic E-state index is 12.5. The molecule has 0 aliphatic heterocycles. The minimum absolute atomic E-state index is 0.100. The fraction of sp³-hybridized carbons (Fsp3) is 0.211. The first-order chi connectivity index (χ1) is 12.6. The summed E-state index contributed by atoms with van der Waals surface area (Å²) < 4.78 is 5.12. The predicted octanol–water partition coefficient (Wildman–Crippen LogP) is 4.30. The lowest BCUT2D eigenvalue weighted by atomic mass is 10.1. The number of amides is 1. The average molecular weight is 388 g/mol. The Morgan fingerprint density at radius 3 is 2.85 bits per heavy atom. The van der Waals surface area contributed by atoms with Crippen molar-refractivity contribution in [3.8, 4) is 0 Å². The third kappa shape index (κ3) is 5.09. The molecule has 3 rings (SSSR count). The maximum Gasteiger partial charge on any atom is 0.252 e. The Morgan fingerprint density at radius 2 is 2.08 bits per heavy atom. The summed E-state index contributed by atoms with van der Waals surface area (Å²) in [6, 6.07) is 15.1. The summed E-state index contributed by atoms with van der Waals surface area (Å²) in [5, 5.41) is 7.44. The van der Waals surface area contributed by atoms with Crippen molar-refractivity contribution in [2.24, 2.45) is 0 Å². The van der Waals surface area contributed by atoms with Gasteiger partial charge in [-0.3, -0.25) is 4.79 Å². The van der Waals surface area contributed by atoms with E-state index in [0.717, 1.165) is 16.9 Å². The number of hydrogen-bond donors (Lipinski definition) is 1. The highest BCUT2D eigenvalue weighted by molar-refractivity contribution is 7.98. The van der Waals surface area contributed by atoms with Crippen molar-refractivity contribution < 1.29 is 9.32 Å². The molecule has 0 spiro atoms. The summed E-state index contributed by atoms with van der Waals surface area (Å²) >= 11 is 7.48. The predicted molar refractivity (Wildman–Crippen MR) is 103 cm³/mol. The first-order valence-corrected chi connectivity index (χ1v) is 9.52. The molecule has 0 fully saturated rings. The summed E-state index contributed by atoms with van der Waals surface area (Å²) in [7, 11) is 0. The standard InChI is InChI=1S/C19H18ClN3O2S/c1-13-22-18(25-23-13)12-26-17-8-3-2-7-16(17)19(24)21-10-9-14-5-4-6-15(20)11-14/h2-8,11H,9-10,12H2,1H3,(H,21,24). The van der Waals surface area contributed by atoms with Gasteiger partial charge in [0.25, 0.3) is 5.91 Å². The van der Waals surface area contributed by atoms with Crippen LogP contribution in [0.25, 0.3) is 0 Å². The van der Waals surface area contributed by atoms with Gasteiger partial charge in [0, 0.05) is 16.5 Å². The minimum Gasteiger partial charge on any atom is -0.352 e. The Labute approximate surface area is 161 Å². The molecule has 5 nitrogen and oxygen atoms in total. The van der Waals surface area contributed by atoms with E-state index in [1.54, 1.807) is 6.92 Å². The van der Waals surface area contributed by atoms with E-state index in [1.165, 1.54) is 11.8 Å². The van der Waals surface area contributed by atoms with Crippen LogP contribution >= 0.6 is 23.4 Å². The van der Waals surface area contributed by atoms with E-state index in [1.807, 2.05) is 48.5 Å². The smallest absolute Gasteiger partial charge is 0.252 e. The topological polar surface area (TPSA) is 68.0 Å². The molecule has 1 amide bonds. The van der Waals surface area contributed by atoms with Gasteiger partial charge < -0.3 is 9.84 Å². The van der Waals surface area contributed by atoms with Crippen LogP contribution in [0.15, 0.2) is 57.9 Å². The normalized spacial score (nSPS) is 10.7. The van der Waals surface area contributed by atoms with E-state index in [0.29, 0.717) is 34.6 Å². The minimum atomic E-state index is -0.100. The molecular formula is C19H18ClN3O2S. The van der Waals surface area contributed by atoms with Crippen LogP contribution in [0.2, 0.25) is 5.02 Å². The highest BCUT2D eigenvalue weighted by Crippen LogP contribution is 2.25. The summed E-state index contributed by atoms with van der Waals surface area (Å²) in [4.78, 5) is 17.6. The van der Waals surface area contributed by atoms with Crippen LogP contribution in [-0.2, 0) is 12.2 Å².